The van der Waals surface area contributed by atoms with Crippen molar-refractivity contribution in [3.63, 3.8) is 0 Å². The Hall–Kier alpha value is -0.540. The third kappa shape index (κ3) is 3.99. The van der Waals surface area contributed by atoms with Crippen LogP contribution in [0.2, 0.25) is 5.02 Å². The summed E-state index contributed by atoms with van der Waals surface area (Å²) in [5.41, 5.74) is 2.14. The van der Waals surface area contributed by atoms with Crippen LogP contribution < -0.4 is 5.32 Å². The van der Waals surface area contributed by atoms with Crippen molar-refractivity contribution in [2.45, 2.75) is 66.0 Å². The zero-order valence-electron chi connectivity index (χ0n) is 12.1. The van der Waals surface area contributed by atoms with Gasteiger partial charge in [-0.2, -0.15) is 5.10 Å². The van der Waals surface area contributed by atoms with E-state index in [0.717, 1.165) is 43.1 Å². The van der Waals surface area contributed by atoms with Crippen molar-refractivity contribution in [3.05, 3.63) is 16.4 Å². The van der Waals surface area contributed by atoms with Crippen LogP contribution >= 0.6 is 11.6 Å². The van der Waals surface area contributed by atoms with E-state index < -0.39 is 0 Å². The van der Waals surface area contributed by atoms with Crippen LogP contribution in [0.15, 0.2) is 0 Å². The molecule has 0 spiro atoms. The topological polar surface area (TPSA) is 29.9 Å². The lowest BCUT2D eigenvalue weighted by molar-refractivity contribution is 0.460. The van der Waals surface area contributed by atoms with Gasteiger partial charge >= 0.3 is 0 Å². The number of rotatable bonds is 8. The lowest BCUT2D eigenvalue weighted by Crippen LogP contribution is -2.29. The number of nitrogens with one attached hydrogen (secondary N) is 1. The highest BCUT2D eigenvalue weighted by Crippen LogP contribution is 2.22. The molecule has 0 radical (unpaired) electrons. The molecule has 1 unspecified atom stereocenters. The van der Waals surface area contributed by atoms with Gasteiger partial charge in [-0.05, 0) is 46.1 Å². The summed E-state index contributed by atoms with van der Waals surface area (Å²) in [6.07, 6.45) is 4.48. The molecule has 0 saturated carbocycles. The highest BCUT2D eigenvalue weighted by Gasteiger charge is 2.14. The summed E-state index contributed by atoms with van der Waals surface area (Å²) in [6, 6.07) is 0.585. The first-order chi connectivity index (χ1) is 8.63. The first-order valence-electron chi connectivity index (χ1n) is 7.09. The Labute approximate surface area is 116 Å². The van der Waals surface area contributed by atoms with E-state index >= 15 is 0 Å². The van der Waals surface area contributed by atoms with Gasteiger partial charge in [0.1, 0.15) is 0 Å². The highest BCUT2D eigenvalue weighted by molar-refractivity contribution is 6.31. The minimum atomic E-state index is 0.585. The molecule has 0 saturated heterocycles. The summed E-state index contributed by atoms with van der Waals surface area (Å²) < 4.78 is 2.03. The molecule has 0 aliphatic carbocycles. The zero-order valence-corrected chi connectivity index (χ0v) is 12.8. The van der Waals surface area contributed by atoms with Gasteiger partial charge in [0, 0.05) is 12.6 Å². The van der Waals surface area contributed by atoms with Gasteiger partial charge in [0.05, 0.1) is 16.4 Å². The summed E-state index contributed by atoms with van der Waals surface area (Å²) in [4.78, 5) is 0. The maximum absolute atomic E-state index is 6.32. The van der Waals surface area contributed by atoms with E-state index in [1.165, 1.54) is 12.1 Å². The SMILES string of the molecule is CCCNC(CC)CCc1c(Cl)c(C)nn1CC. The molecule has 0 aromatic carbocycles. The number of halogens is 1. The number of aromatic nitrogens is 2. The van der Waals surface area contributed by atoms with Gasteiger partial charge in [-0.1, -0.05) is 25.4 Å². The second-order valence-electron chi connectivity index (χ2n) is 4.76. The molecular weight excluding hydrogens is 246 g/mol. The van der Waals surface area contributed by atoms with Crippen molar-refractivity contribution < 1.29 is 0 Å². The highest BCUT2D eigenvalue weighted by atomic mass is 35.5. The fourth-order valence-electron chi connectivity index (χ4n) is 2.22. The Balaban J connectivity index is 2.61. The molecule has 1 rings (SSSR count). The standard InChI is InChI=1S/C14H26ClN3/c1-5-10-16-12(6-2)8-9-13-14(15)11(4)17-18(13)7-3/h12,16H,5-10H2,1-4H3. The van der Waals surface area contributed by atoms with Crippen LogP contribution in [-0.4, -0.2) is 22.4 Å². The molecule has 1 heterocycles. The lowest BCUT2D eigenvalue weighted by atomic mass is 10.1. The molecule has 18 heavy (non-hydrogen) atoms. The predicted octanol–water partition coefficient (Wildman–Crippen LogP) is 3.58. The Morgan fingerprint density at radius 3 is 2.61 bits per heavy atom. The molecule has 0 bridgehead atoms. The van der Waals surface area contributed by atoms with E-state index in [1.54, 1.807) is 0 Å². The molecule has 0 aliphatic rings. The minimum Gasteiger partial charge on any atom is -0.314 e. The van der Waals surface area contributed by atoms with Gasteiger partial charge in [0.2, 0.25) is 0 Å². The van der Waals surface area contributed by atoms with Crippen LogP contribution in [0.3, 0.4) is 0 Å². The zero-order chi connectivity index (χ0) is 13.5. The van der Waals surface area contributed by atoms with Gasteiger partial charge in [0.25, 0.3) is 0 Å². The average molecular weight is 272 g/mol. The van der Waals surface area contributed by atoms with Crippen LogP contribution in [0.5, 0.6) is 0 Å². The number of aryl methyl sites for hydroxylation is 2. The van der Waals surface area contributed by atoms with Crippen LogP contribution in [0.4, 0.5) is 0 Å². The van der Waals surface area contributed by atoms with E-state index in [9.17, 15) is 0 Å². The quantitative estimate of drug-likeness (QED) is 0.783. The first-order valence-corrected chi connectivity index (χ1v) is 7.46. The Bertz CT molecular complexity index is 360. The number of nitrogens with zero attached hydrogens (tertiary/aromatic N) is 2. The molecule has 0 fully saturated rings. The summed E-state index contributed by atoms with van der Waals surface area (Å²) in [7, 11) is 0. The lowest BCUT2D eigenvalue weighted by Gasteiger charge is -2.16. The van der Waals surface area contributed by atoms with E-state index in [-0.39, 0.29) is 0 Å². The van der Waals surface area contributed by atoms with Crippen molar-refractivity contribution in [1.29, 1.82) is 0 Å². The molecule has 1 aromatic rings. The molecule has 3 nitrogen and oxygen atoms in total. The van der Waals surface area contributed by atoms with Crippen molar-refractivity contribution in [1.82, 2.24) is 15.1 Å². The van der Waals surface area contributed by atoms with Crippen molar-refractivity contribution in [2.75, 3.05) is 6.54 Å². The average Bonchev–Trinajstić information content (AvgIpc) is 2.66. The normalized spacial score (nSPS) is 12.9. The minimum absolute atomic E-state index is 0.585. The van der Waals surface area contributed by atoms with Crippen LogP contribution in [-0.2, 0) is 13.0 Å². The smallest absolute Gasteiger partial charge is 0.0847 e. The molecule has 104 valence electrons. The van der Waals surface area contributed by atoms with E-state index in [1.807, 2.05) is 11.6 Å². The summed E-state index contributed by atoms with van der Waals surface area (Å²) in [6.45, 7) is 10.5. The molecule has 1 N–H and O–H groups in total. The van der Waals surface area contributed by atoms with Crippen molar-refractivity contribution in [3.8, 4) is 0 Å². The van der Waals surface area contributed by atoms with Crippen LogP contribution in [0.1, 0.15) is 51.4 Å². The van der Waals surface area contributed by atoms with E-state index in [4.69, 9.17) is 11.6 Å². The maximum Gasteiger partial charge on any atom is 0.0847 e. The molecular formula is C14H26ClN3. The fourth-order valence-corrected chi connectivity index (χ4v) is 2.45. The molecule has 0 amide bonds. The van der Waals surface area contributed by atoms with Crippen molar-refractivity contribution in [2.24, 2.45) is 0 Å². The van der Waals surface area contributed by atoms with E-state index in [2.05, 4.69) is 31.2 Å². The third-order valence-corrected chi connectivity index (χ3v) is 3.85. The second-order valence-corrected chi connectivity index (χ2v) is 5.14. The summed E-state index contributed by atoms with van der Waals surface area (Å²) >= 11 is 6.32. The second kappa shape index (κ2) is 7.80. The van der Waals surface area contributed by atoms with Gasteiger partial charge in [-0.15, -0.1) is 0 Å². The largest absolute Gasteiger partial charge is 0.314 e. The fraction of sp³-hybridized carbons (Fsp3) is 0.786. The number of hydrogen-bond acceptors (Lipinski definition) is 2. The van der Waals surface area contributed by atoms with Crippen molar-refractivity contribution >= 4 is 11.6 Å². The Morgan fingerprint density at radius 1 is 1.33 bits per heavy atom. The maximum atomic E-state index is 6.32. The summed E-state index contributed by atoms with van der Waals surface area (Å²) in [5, 5.41) is 8.89. The molecule has 1 atom stereocenters. The molecule has 0 aliphatic heterocycles. The van der Waals surface area contributed by atoms with Crippen LogP contribution in [0.25, 0.3) is 0 Å². The predicted molar refractivity (Wildman–Crippen MR) is 78.3 cm³/mol. The van der Waals surface area contributed by atoms with Crippen LogP contribution in [0, 0.1) is 6.92 Å². The summed E-state index contributed by atoms with van der Waals surface area (Å²) in [5.74, 6) is 0. The first kappa shape index (κ1) is 15.5. The number of hydrogen-bond donors (Lipinski definition) is 1. The molecule has 4 heteroatoms. The Morgan fingerprint density at radius 2 is 2.06 bits per heavy atom. The Kier molecular flexibility index (Phi) is 6.72. The van der Waals surface area contributed by atoms with Gasteiger partial charge in [0.15, 0.2) is 0 Å². The van der Waals surface area contributed by atoms with Gasteiger partial charge in [-0.25, -0.2) is 0 Å². The van der Waals surface area contributed by atoms with Gasteiger partial charge in [-0.3, -0.25) is 4.68 Å². The monoisotopic (exact) mass is 271 g/mol. The molecule has 1 aromatic heterocycles. The van der Waals surface area contributed by atoms with Gasteiger partial charge < -0.3 is 5.32 Å². The third-order valence-electron chi connectivity index (χ3n) is 3.36. The van der Waals surface area contributed by atoms with E-state index in [0.29, 0.717) is 6.04 Å².